The van der Waals surface area contributed by atoms with Crippen molar-refractivity contribution in [2.45, 2.75) is 25.8 Å². The van der Waals surface area contributed by atoms with Gasteiger partial charge in [0.1, 0.15) is 0 Å². The molecular weight excluding hydrogens is 376 g/mol. The largest absolute Gasteiger partial charge is 0.338 e. The lowest BCUT2D eigenvalue weighted by atomic mass is 10.1. The van der Waals surface area contributed by atoms with Crippen molar-refractivity contribution in [2.75, 3.05) is 39.3 Å². The number of nitro groups is 1. The minimum atomic E-state index is -0.443. The van der Waals surface area contributed by atoms with E-state index < -0.39 is 4.92 Å². The van der Waals surface area contributed by atoms with E-state index in [0.29, 0.717) is 36.9 Å². The lowest BCUT2D eigenvalue weighted by molar-refractivity contribution is -0.384. The fourth-order valence-corrected chi connectivity index (χ4v) is 3.74. The maximum absolute atomic E-state index is 12.6. The summed E-state index contributed by atoms with van der Waals surface area (Å²) in [7, 11) is 0. The molecule has 10 nitrogen and oxygen atoms in total. The third-order valence-corrected chi connectivity index (χ3v) is 5.43. The van der Waals surface area contributed by atoms with Crippen molar-refractivity contribution in [1.82, 2.24) is 24.8 Å². The smallest absolute Gasteiger partial charge is 0.320 e. The zero-order valence-electron chi connectivity index (χ0n) is 16.2. The molecule has 1 aromatic heterocycles. The van der Waals surface area contributed by atoms with Gasteiger partial charge in [-0.2, -0.15) is 4.98 Å². The van der Waals surface area contributed by atoms with Gasteiger partial charge in [0, 0.05) is 57.0 Å². The summed E-state index contributed by atoms with van der Waals surface area (Å²) in [4.78, 5) is 33.4. The number of carbonyl (C=O) groups is 1. The minimum Gasteiger partial charge on any atom is -0.338 e. The maximum Gasteiger partial charge on any atom is 0.320 e. The summed E-state index contributed by atoms with van der Waals surface area (Å²) in [6.45, 7) is 5.16. The van der Waals surface area contributed by atoms with E-state index in [1.54, 1.807) is 12.1 Å². The molecule has 154 valence electrons. The van der Waals surface area contributed by atoms with Crippen LogP contribution in [-0.2, 0) is 6.54 Å². The first kappa shape index (κ1) is 19.3. The lowest BCUT2D eigenvalue weighted by Gasteiger charge is -2.38. The van der Waals surface area contributed by atoms with Gasteiger partial charge >= 0.3 is 6.03 Å². The third kappa shape index (κ3) is 4.53. The third-order valence-electron chi connectivity index (χ3n) is 5.43. The highest BCUT2D eigenvalue weighted by molar-refractivity contribution is 5.74. The van der Waals surface area contributed by atoms with Gasteiger partial charge in [-0.25, -0.2) is 4.79 Å². The van der Waals surface area contributed by atoms with Crippen LogP contribution in [0.1, 0.15) is 25.2 Å². The lowest BCUT2D eigenvalue weighted by Crippen LogP contribution is -2.53. The maximum atomic E-state index is 12.6. The standard InChI is InChI=1S/C19H24N6O4/c26-19(23-8-2-1-3-9-23)24-12-10-22(11-13-24)14-17-20-18(21-29-17)15-4-6-16(7-5-15)25(27)28/h4-7H,1-3,8-14H2. The molecule has 29 heavy (non-hydrogen) atoms. The number of nitrogens with zero attached hydrogens (tertiary/aromatic N) is 6. The van der Waals surface area contributed by atoms with Crippen molar-refractivity contribution < 1.29 is 14.2 Å². The Morgan fingerprint density at radius 2 is 1.66 bits per heavy atom. The van der Waals surface area contributed by atoms with Crippen LogP contribution in [0.25, 0.3) is 11.4 Å². The van der Waals surface area contributed by atoms with Crippen LogP contribution < -0.4 is 0 Å². The molecule has 0 atom stereocenters. The first-order chi connectivity index (χ1) is 14.1. The van der Waals surface area contributed by atoms with Gasteiger partial charge in [0.25, 0.3) is 5.69 Å². The Labute approximate surface area is 168 Å². The molecule has 2 aromatic rings. The van der Waals surface area contributed by atoms with E-state index in [9.17, 15) is 14.9 Å². The van der Waals surface area contributed by atoms with Crippen LogP contribution >= 0.6 is 0 Å². The second-order valence-corrected chi connectivity index (χ2v) is 7.41. The highest BCUT2D eigenvalue weighted by atomic mass is 16.6. The molecule has 0 bridgehead atoms. The number of aromatic nitrogens is 2. The van der Waals surface area contributed by atoms with Crippen molar-refractivity contribution in [2.24, 2.45) is 0 Å². The predicted molar refractivity (Wildman–Crippen MR) is 104 cm³/mol. The second kappa shape index (κ2) is 8.56. The summed E-state index contributed by atoms with van der Waals surface area (Å²) in [6, 6.07) is 6.21. The SMILES string of the molecule is O=C(N1CCCCC1)N1CCN(Cc2nc(-c3ccc([N+](=O)[O-])cc3)no2)CC1. The Balaban J connectivity index is 1.30. The Morgan fingerprint density at radius 1 is 1.00 bits per heavy atom. The monoisotopic (exact) mass is 400 g/mol. The molecule has 0 saturated carbocycles. The molecular formula is C19H24N6O4. The fraction of sp³-hybridized carbons (Fsp3) is 0.526. The first-order valence-corrected chi connectivity index (χ1v) is 9.94. The van der Waals surface area contributed by atoms with Gasteiger partial charge in [-0.05, 0) is 31.4 Å². The van der Waals surface area contributed by atoms with Gasteiger partial charge < -0.3 is 14.3 Å². The number of hydrogen-bond donors (Lipinski definition) is 0. The van der Waals surface area contributed by atoms with Gasteiger partial charge in [-0.15, -0.1) is 0 Å². The number of likely N-dealkylation sites (tertiary alicyclic amines) is 1. The van der Waals surface area contributed by atoms with E-state index in [2.05, 4.69) is 15.0 Å². The Kier molecular flexibility index (Phi) is 5.70. The van der Waals surface area contributed by atoms with Crippen molar-refractivity contribution in [3.8, 4) is 11.4 Å². The molecule has 3 heterocycles. The van der Waals surface area contributed by atoms with Gasteiger partial charge in [0.05, 0.1) is 11.5 Å². The number of hydrogen-bond acceptors (Lipinski definition) is 7. The molecule has 0 unspecified atom stereocenters. The topological polar surface area (TPSA) is 109 Å². The molecule has 0 N–H and O–H groups in total. The van der Waals surface area contributed by atoms with Gasteiger partial charge in [0.15, 0.2) is 0 Å². The Hall–Kier alpha value is -3.01. The Bertz CT molecular complexity index is 854. The summed E-state index contributed by atoms with van der Waals surface area (Å²) in [5.74, 6) is 0.906. The number of nitro benzene ring substituents is 1. The summed E-state index contributed by atoms with van der Waals surface area (Å²) in [5.41, 5.74) is 0.692. The molecule has 0 spiro atoms. The highest BCUT2D eigenvalue weighted by Crippen LogP contribution is 2.20. The molecule has 2 amide bonds. The summed E-state index contributed by atoms with van der Waals surface area (Å²) >= 11 is 0. The normalized spacial score (nSPS) is 18.1. The Morgan fingerprint density at radius 3 is 2.31 bits per heavy atom. The van der Waals surface area contributed by atoms with Gasteiger partial charge in [0.2, 0.25) is 11.7 Å². The number of rotatable bonds is 4. The fourth-order valence-electron chi connectivity index (χ4n) is 3.74. The number of benzene rings is 1. The molecule has 2 saturated heterocycles. The summed E-state index contributed by atoms with van der Waals surface area (Å²) in [5, 5.41) is 14.7. The van der Waals surface area contributed by atoms with Crippen molar-refractivity contribution in [3.63, 3.8) is 0 Å². The van der Waals surface area contributed by atoms with E-state index in [0.717, 1.165) is 39.0 Å². The average Bonchev–Trinajstić information content (AvgIpc) is 3.23. The molecule has 2 aliphatic heterocycles. The van der Waals surface area contributed by atoms with Crippen molar-refractivity contribution >= 4 is 11.7 Å². The molecule has 1 aromatic carbocycles. The van der Waals surface area contributed by atoms with Crippen molar-refractivity contribution in [1.29, 1.82) is 0 Å². The predicted octanol–water partition coefficient (Wildman–Crippen LogP) is 2.37. The van der Waals surface area contributed by atoms with E-state index in [1.807, 2.05) is 9.80 Å². The van der Waals surface area contributed by atoms with E-state index in [4.69, 9.17) is 4.52 Å². The van der Waals surface area contributed by atoms with Gasteiger partial charge in [-0.1, -0.05) is 5.16 Å². The summed E-state index contributed by atoms with van der Waals surface area (Å²) in [6.07, 6.45) is 3.41. The van der Waals surface area contributed by atoms with E-state index in [1.165, 1.54) is 18.6 Å². The molecule has 2 fully saturated rings. The van der Waals surface area contributed by atoms with Crippen LogP contribution in [0.3, 0.4) is 0 Å². The number of piperidine rings is 1. The van der Waals surface area contributed by atoms with Crippen LogP contribution in [-0.4, -0.2) is 75.1 Å². The van der Waals surface area contributed by atoms with Crippen LogP contribution in [0, 0.1) is 10.1 Å². The number of non-ortho nitro benzene ring substituents is 1. The van der Waals surface area contributed by atoms with E-state index in [-0.39, 0.29) is 11.7 Å². The molecule has 10 heteroatoms. The molecule has 0 radical (unpaired) electrons. The van der Waals surface area contributed by atoms with E-state index >= 15 is 0 Å². The van der Waals surface area contributed by atoms with Gasteiger partial charge in [-0.3, -0.25) is 15.0 Å². The van der Waals surface area contributed by atoms with Crippen molar-refractivity contribution in [3.05, 3.63) is 40.3 Å². The first-order valence-electron chi connectivity index (χ1n) is 9.94. The molecule has 4 rings (SSSR count). The second-order valence-electron chi connectivity index (χ2n) is 7.41. The average molecular weight is 400 g/mol. The summed E-state index contributed by atoms with van der Waals surface area (Å²) < 4.78 is 5.34. The van der Waals surface area contributed by atoms with Crippen LogP contribution in [0.5, 0.6) is 0 Å². The van der Waals surface area contributed by atoms with Crippen LogP contribution in [0.4, 0.5) is 10.5 Å². The quantitative estimate of drug-likeness (QED) is 0.572. The molecule has 0 aliphatic carbocycles. The number of piperazine rings is 1. The zero-order valence-corrected chi connectivity index (χ0v) is 16.2. The van der Waals surface area contributed by atoms with Crippen LogP contribution in [0.15, 0.2) is 28.8 Å². The minimum absolute atomic E-state index is 0.0226. The zero-order chi connectivity index (χ0) is 20.2. The highest BCUT2D eigenvalue weighted by Gasteiger charge is 2.26. The number of amides is 2. The van der Waals surface area contributed by atoms with Crippen LogP contribution in [0.2, 0.25) is 0 Å². The number of urea groups is 1. The number of carbonyl (C=O) groups excluding carboxylic acids is 1. The molecule has 2 aliphatic rings.